The van der Waals surface area contributed by atoms with Gasteiger partial charge >= 0.3 is 0 Å². The second-order valence-corrected chi connectivity index (χ2v) is 7.54. The summed E-state index contributed by atoms with van der Waals surface area (Å²) in [4.78, 5) is 26.8. The molecule has 7 nitrogen and oxygen atoms in total. The summed E-state index contributed by atoms with van der Waals surface area (Å²) in [6.07, 6.45) is 2.02. The Morgan fingerprint density at radius 1 is 1.18 bits per heavy atom. The lowest BCUT2D eigenvalue weighted by Crippen LogP contribution is -2.39. The van der Waals surface area contributed by atoms with Gasteiger partial charge in [0, 0.05) is 31.4 Å². The predicted molar refractivity (Wildman–Crippen MR) is 107 cm³/mol. The second-order valence-electron chi connectivity index (χ2n) is 7.54. The van der Waals surface area contributed by atoms with Crippen molar-refractivity contribution in [1.82, 2.24) is 10.1 Å². The van der Waals surface area contributed by atoms with Crippen molar-refractivity contribution >= 4 is 17.6 Å². The highest BCUT2D eigenvalue weighted by Gasteiger charge is 2.20. The third kappa shape index (κ3) is 6.49. The highest BCUT2D eigenvalue weighted by molar-refractivity contribution is 5.99. The van der Waals surface area contributed by atoms with Crippen LogP contribution in [0.4, 0.5) is 5.82 Å². The van der Waals surface area contributed by atoms with E-state index < -0.39 is 0 Å². The van der Waals surface area contributed by atoms with Crippen LogP contribution in [0, 0.1) is 0 Å². The van der Waals surface area contributed by atoms with Crippen LogP contribution >= 0.6 is 0 Å². The molecule has 0 aliphatic carbocycles. The molecule has 0 atom stereocenters. The minimum atomic E-state index is -0.329. The highest BCUT2D eigenvalue weighted by Crippen LogP contribution is 2.22. The smallest absolute Gasteiger partial charge is 0.254 e. The Labute approximate surface area is 166 Å². The molecule has 152 valence electrons. The minimum Gasteiger partial charge on any atom is -0.382 e. The molecule has 1 N–H and O–H groups in total. The number of amides is 2. The Bertz CT molecular complexity index is 749. The number of nitrogens with zero attached hydrogens (tertiary/aromatic N) is 2. The predicted octanol–water partition coefficient (Wildman–Crippen LogP) is 3.48. The van der Waals surface area contributed by atoms with Crippen molar-refractivity contribution < 1.29 is 18.8 Å². The zero-order valence-electron chi connectivity index (χ0n) is 17.0. The van der Waals surface area contributed by atoms with E-state index in [4.69, 9.17) is 9.26 Å². The molecular weight excluding hydrogens is 358 g/mol. The van der Waals surface area contributed by atoms with Crippen LogP contribution in [-0.4, -0.2) is 48.2 Å². The number of nitrogens with one attached hydrogen (secondary N) is 1. The first-order valence-corrected chi connectivity index (χ1v) is 9.49. The molecule has 0 saturated carbocycles. The van der Waals surface area contributed by atoms with Gasteiger partial charge < -0.3 is 19.5 Å². The van der Waals surface area contributed by atoms with Gasteiger partial charge in [-0.1, -0.05) is 38.1 Å². The Morgan fingerprint density at radius 3 is 2.46 bits per heavy atom. The molecule has 2 rings (SSSR count). The lowest BCUT2D eigenvalue weighted by molar-refractivity contribution is -0.117. The van der Waals surface area contributed by atoms with Gasteiger partial charge in [-0.3, -0.25) is 9.59 Å². The molecule has 0 bridgehead atoms. The van der Waals surface area contributed by atoms with Crippen LogP contribution in [0.15, 0.2) is 41.1 Å². The maximum atomic E-state index is 13.0. The summed E-state index contributed by atoms with van der Waals surface area (Å²) >= 11 is 0. The Hall–Kier alpha value is -2.67. The molecule has 1 aromatic carbocycles. The number of aromatic nitrogens is 1. The van der Waals surface area contributed by atoms with E-state index in [0.29, 0.717) is 37.6 Å². The number of carbonyl (C=O) groups excluding carboxylic acids is 2. The summed E-state index contributed by atoms with van der Waals surface area (Å²) < 4.78 is 10.1. The van der Waals surface area contributed by atoms with Gasteiger partial charge in [0.1, 0.15) is 12.8 Å². The van der Waals surface area contributed by atoms with E-state index in [9.17, 15) is 9.59 Å². The highest BCUT2D eigenvalue weighted by atomic mass is 16.5. The Morgan fingerprint density at radius 2 is 1.89 bits per heavy atom. The lowest BCUT2D eigenvalue weighted by Gasteiger charge is -2.23. The van der Waals surface area contributed by atoms with Crippen LogP contribution in [0.3, 0.4) is 0 Å². The number of hydrogen-bond donors (Lipinski definition) is 1. The molecule has 7 heteroatoms. The first kappa shape index (κ1) is 21.6. The molecule has 2 aromatic rings. The average molecular weight is 387 g/mol. The molecule has 0 unspecified atom stereocenters. The van der Waals surface area contributed by atoms with E-state index in [1.54, 1.807) is 6.07 Å². The molecular formula is C21H29N3O4. The van der Waals surface area contributed by atoms with Gasteiger partial charge in [-0.15, -0.1) is 0 Å². The van der Waals surface area contributed by atoms with Crippen LogP contribution in [0.2, 0.25) is 0 Å². The van der Waals surface area contributed by atoms with Crippen molar-refractivity contribution in [1.29, 1.82) is 0 Å². The largest absolute Gasteiger partial charge is 0.382 e. The molecule has 1 aromatic heterocycles. The van der Waals surface area contributed by atoms with Gasteiger partial charge in [-0.05, 0) is 36.5 Å². The van der Waals surface area contributed by atoms with E-state index in [-0.39, 0.29) is 23.8 Å². The SMILES string of the molecule is CCOCCCN(CC(=O)Nc1ccon1)C(=O)c1ccc(C(C)(C)C)cc1. The van der Waals surface area contributed by atoms with Crippen molar-refractivity contribution in [3.63, 3.8) is 0 Å². The summed E-state index contributed by atoms with van der Waals surface area (Å²) in [6.45, 7) is 9.80. The summed E-state index contributed by atoms with van der Waals surface area (Å²) in [5, 5.41) is 6.28. The van der Waals surface area contributed by atoms with Crippen LogP contribution in [0.1, 0.15) is 50.0 Å². The Kier molecular flexibility index (Phi) is 7.75. The molecule has 0 aliphatic rings. The maximum absolute atomic E-state index is 13.0. The fraction of sp³-hybridized carbons (Fsp3) is 0.476. The first-order chi connectivity index (χ1) is 13.3. The fourth-order valence-electron chi connectivity index (χ4n) is 2.68. The molecule has 28 heavy (non-hydrogen) atoms. The van der Waals surface area contributed by atoms with Gasteiger partial charge in [0.2, 0.25) is 5.91 Å². The molecule has 0 aliphatic heterocycles. The zero-order valence-corrected chi connectivity index (χ0v) is 17.0. The van der Waals surface area contributed by atoms with Crippen molar-refractivity contribution in [2.24, 2.45) is 0 Å². The van der Waals surface area contributed by atoms with Crippen LogP contribution in [0.5, 0.6) is 0 Å². The van der Waals surface area contributed by atoms with E-state index >= 15 is 0 Å². The quantitative estimate of drug-likeness (QED) is 0.666. The van der Waals surface area contributed by atoms with Crippen LogP contribution in [-0.2, 0) is 14.9 Å². The Balaban J connectivity index is 2.07. The summed E-state index contributed by atoms with van der Waals surface area (Å²) in [7, 11) is 0. The van der Waals surface area contributed by atoms with Crippen molar-refractivity contribution in [3.8, 4) is 0 Å². The van der Waals surface area contributed by atoms with Crippen LogP contribution < -0.4 is 5.32 Å². The van der Waals surface area contributed by atoms with Crippen molar-refractivity contribution in [3.05, 3.63) is 47.7 Å². The molecule has 0 fully saturated rings. The fourth-order valence-corrected chi connectivity index (χ4v) is 2.68. The lowest BCUT2D eigenvalue weighted by atomic mass is 9.86. The standard InChI is InChI=1S/C21H29N3O4/c1-5-27-13-6-12-24(15-19(25)22-18-11-14-28-23-18)20(26)16-7-9-17(10-8-16)21(2,3)4/h7-11,14H,5-6,12-13,15H2,1-4H3,(H,22,23,25). The number of anilines is 1. The van der Waals surface area contributed by atoms with Gasteiger partial charge in [0.25, 0.3) is 5.91 Å². The van der Waals surface area contributed by atoms with Crippen molar-refractivity contribution in [2.45, 2.75) is 39.5 Å². The number of benzene rings is 1. The van der Waals surface area contributed by atoms with Gasteiger partial charge in [-0.25, -0.2) is 0 Å². The van der Waals surface area contributed by atoms with Crippen LogP contribution in [0.25, 0.3) is 0 Å². The zero-order chi connectivity index (χ0) is 20.6. The topological polar surface area (TPSA) is 84.7 Å². The van der Waals surface area contributed by atoms with Crippen molar-refractivity contribution in [2.75, 3.05) is 31.6 Å². The number of hydrogen-bond acceptors (Lipinski definition) is 5. The molecule has 2 amide bonds. The van der Waals surface area contributed by atoms with E-state index in [0.717, 1.165) is 5.56 Å². The number of ether oxygens (including phenoxy) is 1. The molecule has 0 spiro atoms. The third-order valence-corrected chi connectivity index (χ3v) is 4.25. The average Bonchev–Trinajstić information content (AvgIpc) is 3.16. The monoisotopic (exact) mass is 387 g/mol. The van der Waals surface area contributed by atoms with E-state index in [2.05, 4.69) is 31.2 Å². The number of carbonyl (C=O) groups is 2. The first-order valence-electron chi connectivity index (χ1n) is 9.49. The molecule has 0 radical (unpaired) electrons. The van der Waals surface area contributed by atoms with E-state index in [1.807, 2.05) is 31.2 Å². The van der Waals surface area contributed by atoms with Gasteiger partial charge in [0.15, 0.2) is 5.82 Å². The third-order valence-electron chi connectivity index (χ3n) is 4.25. The summed E-state index contributed by atoms with van der Waals surface area (Å²) in [5.74, 6) is -0.196. The normalized spacial score (nSPS) is 11.3. The molecule has 0 saturated heterocycles. The van der Waals surface area contributed by atoms with E-state index in [1.165, 1.54) is 11.2 Å². The number of rotatable bonds is 9. The van der Waals surface area contributed by atoms with Gasteiger partial charge in [-0.2, -0.15) is 0 Å². The molecule has 1 heterocycles. The summed E-state index contributed by atoms with van der Waals surface area (Å²) in [5.41, 5.74) is 1.71. The minimum absolute atomic E-state index is 0.0102. The van der Waals surface area contributed by atoms with Gasteiger partial charge in [0.05, 0.1) is 0 Å². The second kappa shape index (κ2) is 10.0. The maximum Gasteiger partial charge on any atom is 0.254 e. The summed E-state index contributed by atoms with van der Waals surface area (Å²) in [6, 6.07) is 9.09.